The van der Waals surface area contributed by atoms with E-state index in [9.17, 15) is 4.79 Å². The third-order valence-electron chi connectivity index (χ3n) is 2.74. The van der Waals surface area contributed by atoms with Crippen molar-refractivity contribution in [2.75, 3.05) is 6.54 Å². The Labute approximate surface area is 115 Å². The van der Waals surface area contributed by atoms with Crippen molar-refractivity contribution in [2.45, 2.75) is 13.5 Å². The maximum atomic E-state index is 11.6. The lowest BCUT2D eigenvalue weighted by Crippen LogP contribution is -2.32. The number of rotatable bonds is 5. The molecular formula is C13H16N4OS. The summed E-state index contributed by atoms with van der Waals surface area (Å²) in [6.45, 7) is 2.60. The zero-order chi connectivity index (χ0) is 13.7. The molecule has 100 valence electrons. The molecule has 1 unspecified atom stereocenters. The molecule has 0 saturated carbocycles. The SMILES string of the molecule is CC(CN)C(=O)NCc1nc(-c2ccncc2)cs1. The minimum atomic E-state index is -0.167. The fraction of sp³-hybridized carbons (Fsp3) is 0.308. The van der Waals surface area contributed by atoms with Crippen molar-refractivity contribution >= 4 is 17.2 Å². The van der Waals surface area contributed by atoms with Crippen LogP contribution in [0.3, 0.4) is 0 Å². The number of pyridine rings is 1. The highest BCUT2D eigenvalue weighted by Crippen LogP contribution is 2.20. The van der Waals surface area contributed by atoms with Crippen molar-refractivity contribution in [1.82, 2.24) is 15.3 Å². The van der Waals surface area contributed by atoms with E-state index in [0.29, 0.717) is 13.1 Å². The number of aromatic nitrogens is 2. The molecule has 0 radical (unpaired) electrons. The van der Waals surface area contributed by atoms with Crippen molar-refractivity contribution in [3.05, 3.63) is 34.9 Å². The molecule has 2 heterocycles. The Hall–Kier alpha value is -1.79. The van der Waals surface area contributed by atoms with Crippen LogP contribution in [0, 0.1) is 5.92 Å². The van der Waals surface area contributed by atoms with E-state index in [1.54, 1.807) is 19.3 Å². The van der Waals surface area contributed by atoms with Crippen LogP contribution in [0.4, 0.5) is 0 Å². The maximum Gasteiger partial charge on any atom is 0.224 e. The van der Waals surface area contributed by atoms with Gasteiger partial charge in [-0.05, 0) is 12.1 Å². The first kappa shape index (κ1) is 13.6. The number of carbonyl (C=O) groups is 1. The van der Waals surface area contributed by atoms with Gasteiger partial charge in [-0.15, -0.1) is 11.3 Å². The largest absolute Gasteiger partial charge is 0.349 e. The fourth-order valence-electron chi connectivity index (χ4n) is 1.49. The van der Waals surface area contributed by atoms with Gasteiger partial charge in [0, 0.05) is 35.8 Å². The van der Waals surface area contributed by atoms with Gasteiger partial charge in [0.15, 0.2) is 0 Å². The quantitative estimate of drug-likeness (QED) is 0.865. The fourth-order valence-corrected chi connectivity index (χ4v) is 2.23. The average molecular weight is 276 g/mol. The van der Waals surface area contributed by atoms with Crippen molar-refractivity contribution in [3.63, 3.8) is 0 Å². The van der Waals surface area contributed by atoms with Crippen molar-refractivity contribution in [3.8, 4) is 11.3 Å². The molecular weight excluding hydrogens is 260 g/mol. The molecule has 19 heavy (non-hydrogen) atoms. The topological polar surface area (TPSA) is 80.9 Å². The summed E-state index contributed by atoms with van der Waals surface area (Å²) in [5.41, 5.74) is 7.38. The van der Waals surface area contributed by atoms with Gasteiger partial charge in [0.25, 0.3) is 0 Å². The molecule has 1 atom stereocenters. The number of thiazole rings is 1. The molecule has 0 aliphatic carbocycles. The summed E-state index contributed by atoms with van der Waals surface area (Å²) in [5.74, 6) is -0.206. The lowest BCUT2D eigenvalue weighted by atomic mass is 10.2. The van der Waals surface area contributed by atoms with Crippen molar-refractivity contribution in [1.29, 1.82) is 0 Å². The number of nitrogens with two attached hydrogens (primary N) is 1. The number of carbonyl (C=O) groups excluding carboxylic acids is 1. The summed E-state index contributed by atoms with van der Waals surface area (Å²) < 4.78 is 0. The summed E-state index contributed by atoms with van der Waals surface area (Å²) in [6.07, 6.45) is 3.47. The normalized spacial score (nSPS) is 12.1. The van der Waals surface area contributed by atoms with E-state index in [1.807, 2.05) is 17.5 Å². The van der Waals surface area contributed by atoms with E-state index in [0.717, 1.165) is 16.3 Å². The van der Waals surface area contributed by atoms with Crippen LogP contribution in [0.25, 0.3) is 11.3 Å². The number of nitrogens with zero attached hydrogens (tertiary/aromatic N) is 2. The Balaban J connectivity index is 1.97. The van der Waals surface area contributed by atoms with Gasteiger partial charge in [0.05, 0.1) is 12.2 Å². The summed E-state index contributed by atoms with van der Waals surface area (Å²) in [7, 11) is 0. The van der Waals surface area contributed by atoms with Gasteiger partial charge in [-0.3, -0.25) is 9.78 Å². The Bertz CT molecular complexity index is 541. The molecule has 0 aromatic carbocycles. The second kappa shape index (κ2) is 6.40. The number of amides is 1. The molecule has 0 saturated heterocycles. The second-order valence-electron chi connectivity index (χ2n) is 4.22. The van der Waals surface area contributed by atoms with Gasteiger partial charge in [-0.1, -0.05) is 6.92 Å². The van der Waals surface area contributed by atoms with Gasteiger partial charge < -0.3 is 11.1 Å². The number of hydrogen-bond donors (Lipinski definition) is 2. The zero-order valence-corrected chi connectivity index (χ0v) is 11.5. The van der Waals surface area contributed by atoms with Gasteiger partial charge >= 0.3 is 0 Å². The van der Waals surface area contributed by atoms with Crippen molar-refractivity contribution in [2.24, 2.45) is 11.7 Å². The van der Waals surface area contributed by atoms with E-state index < -0.39 is 0 Å². The lowest BCUT2D eigenvalue weighted by Gasteiger charge is -2.07. The molecule has 0 spiro atoms. The molecule has 1 amide bonds. The highest BCUT2D eigenvalue weighted by Gasteiger charge is 2.11. The second-order valence-corrected chi connectivity index (χ2v) is 5.16. The monoisotopic (exact) mass is 276 g/mol. The van der Waals surface area contributed by atoms with Gasteiger partial charge in [0.2, 0.25) is 5.91 Å². The number of nitrogens with one attached hydrogen (secondary N) is 1. The average Bonchev–Trinajstić information content (AvgIpc) is 2.93. The minimum Gasteiger partial charge on any atom is -0.349 e. The van der Waals surface area contributed by atoms with Crippen LogP contribution >= 0.6 is 11.3 Å². The lowest BCUT2D eigenvalue weighted by molar-refractivity contribution is -0.124. The van der Waals surface area contributed by atoms with E-state index in [4.69, 9.17) is 5.73 Å². The van der Waals surface area contributed by atoms with Crippen LogP contribution in [-0.4, -0.2) is 22.4 Å². The van der Waals surface area contributed by atoms with Crippen LogP contribution in [0.5, 0.6) is 0 Å². The van der Waals surface area contributed by atoms with E-state index in [1.165, 1.54) is 11.3 Å². The Kier molecular flexibility index (Phi) is 4.59. The molecule has 2 rings (SSSR count). The molecule has 3 N–H and O–H groups in total. The van der Waals surface area contributed by atoms with Crippen molar-refractivity contribution < 1.29 is 4.79 Å². The third-order valence-corrected chi connectivity index (χ3v) is 3.59. The summed E-state index contributed by atoms with van der Waals surface area (Å²) in [5, 5.41) is 5.69. The maximum absolute atomic E-state index is 11.6. The summed E-state index contributed by atoms with van der Waals surface area (Å²) >= 11 is 1.53. The first-order chi connectivity index (χ1) is 9.20. The number of hydrogen-bond acceptors (Lipinski definition) is 5. The zero-order valence-electron chi connectivity index (χ0n) is 10.7. The van der Waals surface area contributed by atoms with E-state index in [2.05, 4.69) is 15.3 Å². The molecule has 2 aromatic heterocycles. The first-order valence-electron chi connectivity index (χ1n) is 6.03. The molecule has 2 aromatic rings. The summed E-state index contributed by atoms with van der Waals surface area (Å²) in [6, 6.07) is 3.82. The van der Waals surface area contributed by atoms with Gasteiger partial charge in [0.1, 0.15) is 5.01 Å². The van der Waals surface area contributed by atoms with Crippen LogP contribution in [-0.2, 0) is 11.3 Å². The van der Waals surface area contributed by atoms with E-state index >= 15 is 0 Å². The summed E-state index contributed by atoms with van der Waals surface area (Å²) in [4.78, 5) is 20.1. The Morgan fingerprint density at radius 2 is 2.21 bits per heavy atom. The molecule has 0 bridgehead atoms. The molecule has 0 aliphatic rings. The van der Waals surface area contributed by atoms with Gasteiger partial charge in [-0.25, -0.2) is 4.98 Å². The smallest absolute Gasteiger partial charge is 0.224 e. The third kappa shape index (κ3) is 3.59. The standard InChI is InChI=1S/C13H16N4OS/c1-9(6-14)13(18)16-7-12-17-11(8-19-12)10-2-4-15-5-3-10/h2-5,8-9H,6-7,14H2,1H3,(H,16,18). The molecule has 0 aliphatic heterocycles. The van der Waals surface area contributed by atoms with E-state index in [-0.39, 0.29) is 11.8 Å². The molecule has 5 nitrogen and oxygen atoms in total. The molecule has 0 fully saturated rings. The highest BCUT2D eigenvalue weighted by molar-refractivity contribution is 7.09. The highest BCUT2D eigenvalue weighted by atomic mass is 32.1. The van der Waals surface area contributed by atoms with Gasteiger partial charge in [-0.2, -0.15) is 0 Å². The predicted octanol–water partition coefficient (Wildman–Crippen LogP) is 1.42. The molecule has 6 heteroatoms. The Morgan fingerprint density at radius 3 is 2.89 bits per heavy atom. The van der Waals surface area contributed by atoms with Crippen LogP contribution in [0.15, 0.2) is 29.9 Å². The minimum absolute atomic E-state index is 0.0387. The van der Waals surface area contributed by atoms with Crippen LogP contribution in [0.1, 0.15) is 11.9 Å². The Morgan fingerprint density at radius 1 is 1.47 bits per heavy atom. The van der Waals surface area contributed by atoms with Crippen LogP contribution in [0.2, 0.25) is 0 Å². The van der Waals surface area contributed by atoms with Crippen LogP contribution < -0.4 is 11.1 Å². The predicted molar refractivity (Wildman–Crippen MR) is 75.4 cm³/mol. The first-order valence-corrected chi connectivity index (χ1v) is 6.91.